The Morgan fingerprint density at radius 2 is 1.95 bits per heavy atom. The monoisotopic (exact) mass is 299 g/mol. The van der Waals surface area contributed by atoms with Crippen molar-refractivity contribution in [3.63, 3.8) is 0 Å². The molecule has 20 heavy (non-hydrogen) atoms. The van der Waals surface area contributed by atoms with Crippen molar-refractivity contribution in [3.8, 4) is 0 Å². The van der Waals surface area contributed by atoms with Gasteiger partial charge in [0.1, 0.15) is 0 Å². The highest BCUT2D eigenvalue weighted by Gasteiger charge is 2.29. The van der Waals surface area contributed by atoms with E-state index in [-0.39, 0.29) is 11.7 Å². The molecule has 2 heterocycles. The Balaban J connectivity index is 1.54. The van der Waals surface area contributed by atoms with E-state index >= 15 is 0 Å². The molecule has 1 aliphatic carbocycles. The number of nitrogens with zero attached hydrogens (tertiary/aromatic N) is 2. The fourth-order valence-electron chi connectivity index (χ4n) is 3.10. The second-order valence-electron chi connectivity index (χ2n) is 5.95. The summed E-state index contributed by atoms with van der Waals surface area (Å²) in [6.45, 7) is 0. The highest BCUT2D eigenvalue weighted by molar-refractivity contribution is 7.91. The number of hydrogen-bond donors (Lipinski definition) is 1. The second-order valence-corrected chi connectivity index (χ2v) is 8.18. The zero-order chi connectivity index (χ0) is 14.0. The molecule has 1 saturated heterocycles. The van der Waals surface area contributed by atoms with Crippen LogP contribution in [0.1, 0.15) is 44.4 Å². The lowest BCUT2D eigenvalue weighted by atomic mass is 9.96. The average molecular weight is 299 g/mol. The van der Waals surface area contributed by atoms with Crippen molar-refractivity contribution in [1.82, 2.24) is 10.2 Å². The molecule has 0 amide bonds. The number of nitrogens with one attached hydrogen (secondary N) is 1. The first-order valence-corrected chi connectivity index (χ1v) is 9.22. The lowest BCUT2D eigenvalue weighted by molar-refractivity contribution is 0.428. The zero-order valence-electron chi connectivity index (χ0n) is 11.5. The van der Waals surface area contributed by atoms with Crippen molar-refractivity contribution in [3.05, 3.63) is 5.89 Å². The van der Waals surface area contributed by atoms with Crippen LogP contribution >= 0.6 is 0 Å². The summed E-state index contributed by atoms with van der Waals surface area (Å²) < 4.78 is 28.4. The summed E-state index contributed by atoms with van der Waals surface area (Å²) in [6, 6.07) is 0.914. The third-order valence-electron chi connectivity index (χ3n) is 4.19. The fourth-order valence-corrected chi connectivity index (χ4v) is 4.96. The molecular formula is C13H21N3O3S. The maximum Gasteiger partial charge on any atom is 0.315 e. The Kier molecular flexibility index (Phi) is 3.96. The Morgan fingerprint density at radius 3 is 2.65 bits per heavy atom. The van der Waals surface area contributed by atoms with Gasteiger partial charge in [-0.3, -0.25) is 0 Å². The summed E-state index contributed by atoms with van der Waals surface area (Å²) in [5.41, 5.74) is 0. The predicted molar refractivity (Wildman–Crippen MR) is 75.3 cm³/mol. The third kappa shape index (κ3) is 3.50. The number of rotatable bonds is 4. The molecule has 6 nitrogen and oxygen atoms in total. The van der Waals surface area contributed by atoms with E-state index in [9.17, 15) is 8.42 Å². The molecule has 1 aromatic rings. The summed E-state index contributed by atoms with van der Waals surface area (Å²) in [5.74, 6) is 1.22. The lowest BCUT2D eigenvalue weighted by Crippen LogP contribution is -2.22. The highest BCUT2D eigenvalue weighted by atomic mass is 32.2. The van der Waals surface area contributed by atoms with Crippen molar-refractivity contribution >= 4 is 15.9 Å². The van der Waals surface area contributed by atoms with E-state index in [1.165, 1.54) is 19.3 Å². The summed E-state index contributed by atoms with van der Waals surface area (Å²) in [5, 5.41) is 11.3. The van der Waals surface area contributed by atoms with Gasteiger partial charge < -0.3 is 9.73 Å². The maximum absolute atomic E-state index is 11.4. The van der Waals surface area contributed by atoms with Gasteiger partial charge in [0.2, 0.25) is 5.89 Å². The van der Waals surface area contributed by atoms with E-state index in [1.807, 2.05) is 0 Å². The van der Waals surface area contributed by atoms with Crippen LogP contribution in [-0.4, -0.2) is 36.2 Å². The van der Waals surface area contributed by atoms with E-state index < -0.39 is 9.84 Å². The van der Waals surface area contributed by atoms with E-state index in [0.29, 0.717) is 36.5 Å². The average Bonchev–Trinajstić information content (AvgIpc) is 2.98. The Hall–Kier alpha value is -1.11. The molecule has 3 rings (SSSR count). The molecule has 7 heteroatoms. The van der Waals surface area contributed by atoms with Gasteiger partial charge in [-0.1, -0.05) is 24.4 Å². The van der Waals surface area contributed by atoms with Gasteiger partial charge >= 0.3 is 6.01 Å². The molecule has 1 aliphatic heterocycles. The summed E-state index contributed by atoms with van der Waals surface area (Å²) >= 11 is 0. The highest BCUT2D eigenvalue weighted by Crippen LogP contribution is 2.24. The van der Waals surface area contributed by atoms with Crippen molar-refractivity contribution in [2.75, 3.05) is 16.8 Å². The van der Waals surface area contributed by atoms with Crippen molar-refractivity contribution < 1.29 is 12.8 Å². The van der Waals surface area contributed by atoms with E-state index in [1.54, 1.807) is 0 Å². The number of sulfone groups is 1. The normalized spacial score (nSPS) is 26.7. The predicted octanol–water partition coefficient (Wildman–Crippen LogP) is 1.79. The van der Waals surface area contributed by atoms with Gasteiger partial charge in [-0.2, -0.15) is 0 Å². The summed E-state index contributed by atoms with van der Waals surface area (Å²) in [6.07, 6.45) is 7.38. The first-order valence-electron chi connectivity index (χ1n) is 7.40. The minimum Gasteiger partial charge on any atom is -0.408 e. The van der Waals surface area contributed by atoms with E-state index in [0.717, 1.165) is 12.8 Å². The van der Waals surface area contributed by atoms with Gasteiger partial charge in [0.05, 0.1) is 11.5 Å². The van der Waals surface area contributed by atoms with Crippen LogP contribution in [0.3, 0.4) is 0 Å². The Labute approximate surface area is 119 Å². The van der Waals surface area contributed by atoms with Crippen LogP contribution in [0.15, 0.2) is 4.42 Å². The lowest BCUT2D eigenvalue weighted by Gasteiger charge is -2.21. The van der Waals surface area contributed by atoms with Crippen LogP contribution in [0.5, 0.6) is 0 Å². The molecule has 1 aromatic heterocycles. The first-order chi connectivity index (χ1) is 9.61. The molecule has 0 spiro atoms. The molecule has 0 radical (unpaired) electrons. The van der Waals surface area contributed by atoms with Gasteiger partial charge in [0.25, 0.3) is 0 Å². The maximum atomic E-state index is 11.4. The molecular weight excluding hydrogens is 278 g/mol. The molecule has 0 aromatic carbocycles. The quantitative estimate of drug-likeness (QED) is 0.912. The molecule has 0 bridgehead atoms. The molecule has 1 atom stereocenters. The van der Waals surface area contributed by atoms with Crippen LogP contribution in [0, 0.1) is 5.92 Å². The third-order valence-corrected chi connectivity index (χ3v) is 6.03. The standard InChI is InChI=1S/C13H21N3O3S/c17-20(18)7-6-10(9-20)8-12-15-16-13(19-12)14-11-4-2-1-3-5-11/h10-11H,1-9H2,(H,14,16). The topological polar surface area (TPSA) is 85.1 Å². The number of aromatic nitrogens is 2. The zero-order valence-corrected chi connectivity index (χ0v) is 12.4. The van der Waals surface area contributed by atoms with Crippen LogP contribution in [0.4, 0.5) is 6.01 Å². The van der Waals surface area contributed by atoms with E-state index in [4.69, 9.17) is 4.42 Å². The van der Waals surface area contributed by atoms with E-state index in [2.05, 4.69) is 15.5 Å². The smallest absolute Gasteiger partial charge is 0.315 e. The minimum absolute atomic E-state index is 0.128. The number of anilines is 1. The molecule has 1 N–H and O–H groups in total. The summed E-state index contributed by atoms with van der Waals surface area (Å²) in [7, 11) is -2.84. The summed E-state index contributed by atoms with van der Waals surface area (Å²) in [4.78, 5) is 0. The molecule has 1 saturated carbocycles. The molecule has 2 aliphatic rings. The second kappa shape index (κ2) is 5.71. The SMILES string of the molecule is O=S1(=O)CCC(Cc2nnc(NC3CCCCC3)o2)C1. The van der Waals surface area contributed by atoms with Crippen LogP contribution in [0.2, 0.25) is 0 Å². The van der Waals surface area contributed by atoms with Gasteiger partial charge in [0, 0.05) is 12.5 Å². The van der Waals surface area contributed by atoms with Gasteiger partial charge in [-0.15, -0.1) is 5.10 Å². The van der Waals surface area contributed by atoms with Crippen molar-refractivity contribution in [2.24, 2.45) is 5.92 Å². The number of hydrogen-bond acceptors (Lipinski definition) is 6. The van der Waals surface area contributed by atoms with Crippen LogP contribution in [-0.2, 0) is 16.3 Å². The fraction of sp³-hybridized carbons (Fsp3) is 0.846. The van der Waals surface area contributed by atoms with Crippen LogP contribution in [0.25, 0.3) is 0 Å². The van der Waals surface area contributed by atoms with Crippen LogP contribution < -0.4 is 5.32 Å². The van der Waals surface area contributed by atoms with Crippen molar-refractivity contribution in [1.29, 1.82) is 0 Å². The van der Waals surface area contributed by atoms with Gasteiger partial charge in [0.15, 0.2) is 9.84 Å². The largest absolute Gasteiger partial charge is 0.408 e. The Morgan fingerprint density at radius 1 is 1.15 bits per heavy atom. The van der Waals surface area contributed by atoms with Gasteiger partial charge in [-0.05, 0) is 25.2 Å². The molecule has 2 fully saturated rings. The van der Waals surface area contributed by atoms with Crippen molar-refractivity contribution in [2.45, 2.75) is 51.0 Å². The Bertz CT molecular complexity index is 549. The first kappa shape index (κ1) is 13.9. The molecule has 112 valence electrons. The minimum atomic E-state index is -2.84. The molecule has 1 unspecified atom stereocenters. The van der Waals surface area contributed by atoms with Gasteiger partial charge in [-0.25, -0.2) is 8.42 Å².